The van der Waals surface area contributed by atoms with Crippen LogP contribution >= 0.6 is 0 Å². The topological polar surface area (TPSA) is 68.5 Å². The number of ether oxygens (including phenoxy) is 1. The van der Waals surface area contributed by atoms with Crippen LogP contribution in [-0.4, -0.2) is 28.7 Å². The number of carbonyl (C=O) groups excluding carboxylic acids is 1. The first-order valence-corrected chi connectivity index (χ1v) is 5.23. The van der Waals surface area contributed by atoms with Gasteiger partial charge >= 0.3 is 5.97 Å². The van der Waals surface area contributed by atoms with Gasteiger partial charge in [0.1, 0.15) is 5.75 Å². The molecule has 18 heavy (non-hydrogen) atoms. The second-order valence-electron chi connectivity index (χ2n) is 3.59. The Hall–Kier alpha value is -2.56. The van der Waals surface area contributed by atoms with E-state index in [1.54, 1.807) is 18.3 Å². The number of hydrogen-bond acceptors (Lipinski definition) is 3. The number of aromatic nitrogens is 1. The van der Waals surface area contributed by atoms with E-state index in [1.165, 1.54) is 11.7 Å². The molecule has 5 heteroatoms. The summed E-state index contributed by atoms with van der Waals surface area (Å²) in [6.07, 6.45) is 3.40. The quantitative estimate of drug-likeness (QED) is 0.839. The van der Waals surface area contributed by atoms with Gasteiger partial charge in [-0.05, 0) is 12.1 Å². The largest absolute Gasteiger partial charge is 0.495 e. The first-order chi connectivity index (χ1) is 8.63. The molecular formula is C13H11NO4. The number of rotatable bonds is 3. The van der Waals surface area contributed by atoms with E-state index in [2.05, 4.69) is 0 Å². The number of carboxylic acids is 1. The molecule has 0 radical (unpaired) electrons. The zero-order valence-electron chi connectivity index (χ0n) is 9.66. The predicted octanol–water partition coefficient (Wildman–Crippen LogP) is 1.93. The molecule has 1 aromatic heterocycles. The van der Waals surface area contributed by atoms with Crippen LogP contribution in [0.1, 0.15) is 4.79 Å². The highest BCUT2D eigenvalue weighted by Crippen LogP contribution is 2.26. The monoisotopic (exact) mass is 245 g/mol. The van der Waals surface area contributed by atoms with Gasteiger partial charge in [-0.15, -0.1) is 0 Å². The highest BCUT2D eigenvalue weighted by atomic mass is 16.5. The molecule has 0 fully saturated rings. The van der Waals surface area contributed by atoms with Crippen molar-refractivity contribution in [2.45, 2.75) is 0 Å². The molecule has 0 unspecified atom stereocenters. The Balaban J connectivity index is 2.51. The zero-order chi connectivity index (χ0) is 13.1. The van der Waals surface area contributed by atoms with Crippen LogP contribution < -0.4 is 4.74 Å². The van der Waals surface area contributed by atoms with Crippen molar-refractivity contribution in [1.82, 2.24) is 4.57 Å². The van der Waals surface area contributed by atoms with Crippen molar-refractivity contribution in [2.75, 3.05) is 7.11 Å². The lowest BCUT2D eigenvalue weighted by atomic mass is 10.2. The lowest BCUT2D eigenvalue weighted by molar-refractivity contribution is -0.131. The second kappa shape index (κ2) is 4.75. The molecule has 2 rings (SSSR count). The van der Waals surface area contributed by atoms with Gasteiger partial charge < -0.3 is 9.84 Å². The van der Waals surface area contributed by atoms with Crippen molar-refractivity contribution in [3.8, 4) is 5.75 Å². The lowest BCUT2D eigenvalue weighted by Crippen LogP contribution is -2.07. The van der Waals surface area contributed by atoms with Crippen LogP contribution in [0.25, 0.3) is 10.9 Å². The van der Waals surface area contributed by atoms with Crippen LogP contribution in [0.5, 0.6) is 5.75 Å². The maximum atomic E-state index is 11.8. The van der Waals surface area contributed by atoms with E-state index < -0.39 is 11.9 Å². The molecule has 1 aromatic carbocycles. The molecule has 0 aliphatic heterocycles. The maximum absolute atomic E-state index is 11.8. The molecule has 0 spiro atoms. The average molecular weight is 245 g/mol. The van der Waals surface area contributed by atoms with Gasteiger partial charge in [0.2, 0.25) is 0 Å². The van der Waals surface area contributed by atoms with E-state index in [9.17, 15) is 9.59 Å². The fourth-order valence-corrected chi connectivity index (χ4v) is 1.73. The van der Waals surface area contributed by atoms with E-state index in [-0.39, 0.29) is 0 Å². The van der Waals surface area contributed by atoms with E-state index in [0.29, 0.717) is 11.3 Å². The van der Waals surface area contributed by atoms with Crippen molar-refractivity contribution in [1.29, 1.82) is 0 Å². The number of methoxy groups -OCH3 is 1. The van der Waals surface area contributed by atoms with Gasteiger partial charge in [-0.3, -0.25) is 9.36 Å². The molecule has 0 bridgehead atoms. The molecule has 1 heterocycles. The van der Waals surface area contributed by atoms with Gasteiger partial charge in [0.15, 0.2) is 0 Å². The summed E-state index contributed by atoms with van der Waals surface area (Å²) in [6.45, 7) is 0. The van der Waals surface area contributed by atoms with Crippen LogP contribution in [-0.2, 0) is 4.79 Å². The molecule has 92 valence electrons. The third kappa shape index (κ3) is 2.10. The van der Waals surface area contributed by atoms with Gasteiger partial charge in [-0.25, -0.2) is 4.79 Å². The summed E-state index contributed by atoms with van der Waals surface area (Å²) in [5.41, 5.74) is 0.625. The molecule has 5 nitrogen and oxygen atoms in total. The van der Waals surface area contributed by atoms with Crippen LogP contribution in [0, 0.1) is 0 Å². The average Bonchev–Trinajstić information content (AvgIpc) is 2.79. The summed E-state index contributed by atoms with van der Waals surface area (Å²) in [7, 11) is 1.52. The number of allylic oxidation sites excluding steroid dienone is 1. The van der Waals surface area contributed by atoms with Gasteiger partial charge in [-0.1, -0.05) is 12.1 Å². The summed E-state index contributed by atoms with van der Waals surface area (Å²) < 4.78 is 6.54. The van der Waals surface area contributed by atoms with Gasteiger partial charge in [0, 0.05) is 23.7 Å². The molecule has 0 saturated carbocycles. The number of carboxylic acid groups (broad SMARTS) is 1. The van der Waals surface area contributed by atoms with Crippen molar-refractivity contribution in [3.05, 3.63) is 42.6 Å². The summed E-state index contributed by atoms with van der Waals surface area (Å²) in [5.74, 6) is -1.03. The molecule has 0 aliphatic carbocycles. The van der Waals surface area contributed by atoms with Crippen molar-refractivity contribution in [3.63, 3.8) is 0 Å². The minimum absolute atomic E-state index is 0.433. The Bertz CT molecular complexity index is 639. The first-order valence-electron chi connectivity index (χ1n) is 5.23. The van der Waals surface area contributed by atoms with E-state index in [1.807, 2.05) is 12.1 Å². The van der Waals surface area contributed by atoms with Crippen molar-refractivity contribution in [2.24, 2.45) is 0 Å². The number of para-hydroxylation sites is 1. The van der Waals surface area contributed by atoms with Crippen LogP contribution in [0.2, 0.25) is 0 Å². The minimum Gasteiger partial charge on any atom is -0.495 e. The molecule has 0 aliphatic rings. The SMILES string of the molecule is COc1cccc2ccn(C(=O)/C=C/C(=O)O)c12. The normalized spacial score (nSPS) is 10.9. The number of fused-ring (bicyclic) bond motifs is 1. The summed E-state index contributed by atoms with van der Waals surface area (Å²) >= 11 is 0. The van der Waals surface area contributed by atoms with Gasteiger partial charge in [-0.2, -0.15) is 0 Å². The summed E-state index contributed by atoms with van der Waals surface area (Å²) in [6, 6.07) is 7.18. The van der Waals surface area contributed by atoms with Gasteiger partial charge in [0.25, 0.3) is 5.91 Å². The van der Waals surface area contributed by atoms with E-state index >= 15 is 0 Å². The Morgan fingerprint density at radius 1 is 1.28 bits per heavy atom. The van der Waals surface area contributed by atoms with E-state index in [0.717, 1.165) is 17.5 Å². The highest BCUT2D eigenvalue weighted by Gasteiger charge is 2.10. The molecule has 0 amide bonds. The molecular weight excluding hydrogens is 234 g/mol. The molecule has 0 saturated heterocycles. The predicted molar refractivity (Wildman–Crippen MR) is 65.9 cm³/mol. The zero-order valence-corrected chi connectivity index (χ0v) is 9.66. The second-order valence-corrected chi connectivity index (χ2v) is 3.59. The Morgan fingerprint density at radius 3 is 2.72 bits per heavy atom. The van der Waals surface area contributed by atoms with Crippen molar-refractivity contribution < 1.29 is 19.4 Å². The highest BCUT2D eigenvalue weighted by molar-refractivity contribution is 6.02. The van der Waals surface area contributed by atoms with Crippen LogP contribution in [0.3, 0.4) is 0 Å². The third-order valence-corrected chi connectivity index (χ3v) is 2.50. The third-order valence-electron chi connectivity index (χ3n) is 2.50. The number of carbonyl (C=O) groups is 2. The smallest absolute Gasteiger partial charge is 0.328 e. The standard InChI is InChI=1S/C13H11NO4/c1-18-10-4-2-3-9-7-8-14(13(9)10)11(15)5-6-12(16)17/h2-8H,1H3,(H,16,17)/b6-5+. The summed E-state index contributed by atoms with van der Waals surface area (Å²) in [5, 5.41) is 9.35. The van der Waals surface area contributed by atoms with Gasteiger partial charge in [0.05, 0.1) is 12.6 Å². The summed E-state index contributed by atoms with van der Waals surface area (Å²) in [4.78, 5) is 22.2. The maximum Gasteiger partial charge on any atom is 0.328 e. The Kier molecular flexibility index (Phi) is 3.14. The minimum atomic E-state index is -1.16. The number of aliphatic carboxylic acids is 1. The fourth-order valence-electron chi connectivity index (χ4n) is 1.73. The molecule has 1 N–H and O–H groups in total. The van der Waals surface area contributed by atoms with Crippen LogP contribution in [0.4, 0.5) is 0 Å². The molecule has 2 aromatic rings. The number of benzene rings is 1. The van der Waals surface area contributed by atoms with Crippen molar-refractivity contribution >= 4 is 22.8 Å². The Morgan fingerprint density at radius 2 is 2.06 bits per heavy atom. The Labute approximate surface area is 103 Å². The van der Waals surface area contributed by atoms with Crippen LogP contribution in [0.15, 0.2) is 42.6 Å². The van der Waals surface area contributed by atoms with E-state index in [4.69, 9.17) is 9.84 Å². The number of hydrogen-bond donors (Lipinski definition) is 1. The number of nitrogens with zero attached hydrogens (tertiary/aromatic N) is 1. The lowest BCUT2D eigenvalue weighted by Gasteiger charge is -2.05. The first kappa shape index (κ1) is 11.9. The fraction of sp³-hybridized carbons (Fsp3) is 0.0769. The molecule has 0 atom stereocenters.